The van der Waals surface area contributed by atoms with E-state index in [4.69, 9.17) is 0 Å². The third kappa shape index (κ3) is 6.34. The number of nitrogens with one attached hydrogen (secondary N) is 1. The molecule has 1 heterocycles. The Morgan fingerprint density at radius 3 is 2.16 bits per heavy atom. The van der Waals surface area contributed by atoms with E-state index < -0.39 is 0 Å². The molecule has 0 spiro atoms. The van der Waals surface area contributed by atoms with Crippen molar-refractivity contribution in [2.45, 2.75) is 47.1 Å². The molecule has 0 radical (unpaired) electrons. The molecule has 4 nitrogen and oxygen atoms in total. The molecule has 0 bridgehead atoms. The highest BCUT2D eigenvalue weighted by Gasteiger charge is 2.13. The topological polar surface area (TPSA) is 41.1 Å². The molecule has 1 N–H and O–H groups in total. The molecule has 1 aromatic rings. The van der Waals surface area contributed by atoms with Gasteiger partial charge in [-0.25, -0.2) is 0 Å². The Bertz CT molecular complexity index is 337. The van der Waals surface area contributed by atoms with Gasteiger partial charge in [-0.05, 0) is 37.8 Å². The van der Waals surface area contributed by atoms with Gasteiger partial charge in [-0.1, -0.05) is 32.2 Å². The van der Waals surface area contributed by atoms with Crippen molar-refractivity contribution >= 4 is 16.5 Å². The van der Waals surface area contributed by atoms with Crippen molar-refractivity contribution in [3.63, 3.8) is 0 Å². The number of nitrogens with zero attached hydrogens (tertiary/aromatic N) is 3. The summed E-state index contributed by atoms with van der Waals surface area (Å²) < 4.78 is 4.04. The minimum absolute atomic E-state index is 0.749. The highest BCUT2D eigenvalue weighted by atomic mass is 32.1. The van der Waals surface area contributed by atoms with Gasteiger partial charge >= 0.3 is 0 Å². The fraction of sp³-hybridized carbons (Fsp3) is 0.857. The summed E-state index contributed by atoms with van der Waals surface area (Å²) in [5, 5.41) is 8.52. The molecule has 0 saturated carbocycles. The Balaban J connectivity index is 2.56. The van der Waals surface area contributed by atoms with E-state index in [2.05, 4.69) is 47.5 Å². The summed E-state index contributed by atoms with van der Waals surface area (Å²) in [6, 6.07) is 0. The number of hydrogen-bond acceptors (Lipinski definition) is 5. The lowest BCUT2D eigenvalue weighted by Gasteiger charge is -2.23. The van der Waals surface area contributed by atoms with E-state index in [9.17, 15) is 0 Å². The number of aromatic nitrogens is 2. The van der Waals surface area contributed by atoms with Gasteiger partial charge in [0.05, 0.1) is 0 Å². The maximum Gasteiger partial charge on any atom is 0.134 e. The minimum Gasteiger partial charge on any atom is -0.377 e. The molecule has 1 rings (SSSR count). The standard InChI is InChI=1S/C14H28N4S/c1-11(2)6-8-18(9-7-12(3)4)10-13-14(15-5)19-17-16-13/h11-12,15H,6-10H2,1-5H3. The van der Waals surface area contributed by atoms with Crippen molar-refractivity contribution in [2.75, 3.05) is 25.5 Å². The number of rotatable bonds is 9. The normalized spacial score (nSPS) is 11.8. The summed E-state index contributed by atoms with van der Waals surface area (Å²) in [6.07, 6.45) is 2.48. The Labute approximate surface area is 121 Å². The van der Waals surface area contributed by atoms with Crippen LogP contribution >= 0.6 is 11.5 Å². The largest absolute Gasteiger partial charge is 0.377 e. The lowest BCUT2D eigenvalue weighted by Crippen LogP contribution is -2.27. The average molecular weight is 284 g/mol. The van der Waals surface area contributed by atoms with Crippen LogP contribution in [-0.4, -0.2) is 34.6 Å². The van der Waals surface area contributed by atoms with Gasteiger partial charge in [0.2, 0.25) is 0 Å². The van der Waals surface area contributed by atoms with Gasteiger partial charge in [0.15, 0.2) is 0 Å². The predicted molar refractivity (Wildman–Crippen MR) is 83.6 cm³/mol. The fourth-order valence-electron chi connectivity index (χ4n) is 1.87. The first-order chi connectivity index (χ1) is 9.02. The molecule has 0 aliphatic heterocycles. The molecule has 0 aromatic carbocycles. The zero-order chi connectivity index (χ0) is 14.3. The second-order valence-corrected chi connectivity index (χ2v) is 6.69. The monoisotopic (exact) mass is 284 g/mol. The van der Waals surface area contributed by atoms with Crippen LogP contribution in [0.1, 0.15) is 46.2 Å². The van der Waals surface area contributed by atoms with Crippen LogP contribution in [0.2, 0.25) is 0 Å². The van der Waals surface area contributed by atoms with Crippen LogP contribution in [0, 0.1) is 11.8 Å². The third-order valence-electron chi connectivity index (χ3n) is 3.20. The van der Waals surface area contributed by atoms with E-state index in [0.29, 0.717) is 0 Å². The highest BCUT2D eigenvalue weighted by Crippen LogP contribution is 2.19. The van der Waals surface area contributed by atoms with E-state index in [-0.39, 0.29) is 0 Å². The van der Waals surface area contributed by atoms with Gasteiger partial charge in [-0.2, -0.15) is 0 Å². The van der Waals surface area contributed by atoms with Crippen molar-refractivity contribution < 1.29 is 0 Å². The smallest absolute Gasteiger partial charge is 0.134 e. The minimum atomic E-state index is 0.749. The van der Waals surface area contributed by atoms with E-state index >= 15 is 0 Å². The maximum absolute atomic E-state index is 4.25. The Morgan fingerprint density at radius 2 is 1.68 bits per heavy atom. The molecule has 110 valence electrons. The Hall–Kier alpha value is -0.680. The summed E-state index contributed by atoms with van der Waals surface area (Å²) in [5.41, 5.74) is 1.08. The Kier molecular flexibility index (Phi) is 7.31. The molecule has 5 heteroatoms. The average Bonchev–Trinajstić information content (AvgIpc) is 2.79. The van der Waals surface area contributed by atoms with Crippen LogP contribution in [0.3, 0.4) is 0 Å². The molecule has 19 heavy (non-hydrogen) atoms. The molecule has 0 saturated heterocycles. The lowest BCUT2D eigenvalue weighted by molar-refractivity contribution is 0.233. The molecule has 0 fully saturated rings. The van der Waals surface area contributed by atoms with Crippen LogP contribution in [0.4, 0.5) is 5.00 Å². The SMILES string of the molecule is CNc1snnc1CN(CCC(C)C)CCC(C)C. The summed E-state index contributed by atoms with van der Waals surface area (Å²) in [6.45, 7) is 12.3. The van der Waals surface area contributed by atoms with Crippen molar-refractivity contribution in [1.82, 2.24) is 14.5 Å². The first-order valence-electron chi connectivity index (χ1n) is 7.24. The van der Waals surface area contributed by atoms with Gasteiger partial charge in [-0.15, -0.1) is 5.10 Å². The van der Waals surface area contributed by atoms with Gasteiger partial charge in [-0.3, -0.25) is 4.90 Å². The highest BCUT2D eigenvalue weighted by molar-refractivity contribution is 7.10. The van der Waals surface area contributed by atoms with Crippen LogP contribution in [-0.2, 0) is 6.54 Å². The summed E-state index contributed by atoms with van der Waals surface area (Å²) >= 11 is 1.44. The van der Waals surface area contributed by atoms with Crippen LogP contribution in [0.15, 0.2) is 0 Å². The molecule has 0 unspecified atom stereocenters. The van der Waals surface area contributed by atoms with Crippen molar-refractivity contribution in [1.29, 1.82) is 0 Å². The second-order valence-electron chi connectivity index (χ2n) is 5.94. The van der Waals surface area contributed by atoms with E-state index in [1.807, 2.05) is 7.05 Å². The van der Waals surface area contributed by atoms with Crippen LogP contribution < -0.4 is 5.32 Å². The summed E-state index contributed by atoms with van der Waals surface area (Å²) in [7, 11) is 1.94. The fourth-order valence-corrected chi connectivity index (χ4v) is 2.39. The van der Waals surface area contributed by atoms with Crippen molar-refractivity contribution in [3.05, 3.63) is 5.69 Å². The van der Waals surface area contributed by atoms with E-state index in [0.717, 1.165) is 42.2 Å². The Morgan fingerprint density at radius 1 is 1.11 bits per heavy atom. The van der Waals surface area contributed by atoms with Crippen molar-refractivity contribution in [2.24, 2.45) is 11.8 Å². The maximum atomic E-state index is 4.25. The van der Waals surface area contributed by atoms with Gasteiger partial charge < -0.3 is 5.32 Å². The molecule has 0 amide bonds. The lowest BCUT2D eigenvalue weighted by atomic mass is 10.1. The molecule has 0 atom stereocenters. The van der Waals surface area contributed by atoms with Gasteiger partial charge in [0.25, 0.3) is 0 Å². The molecule has 0 aliphatic rings. The first-order valence-corrected chi connectivity index (χ1v) is 8.01. The molecule has 1 aromatic heterocycles. The van der Waals surface area contributed by atoms with Crippen LogP contribution in [0.25, 0.3) is 0 Å². The van der Waals surface area contributed by atoms with E-state index in [1.165, 1.54) is 24.4 Å². The zero-order valence-electron chi connectivity index (χ0n) is 12.9. The van der Waals surface area contributed by atoms with Crippen LogP contribution in [0.5, 0.6) is 0 Å². The molecular formula is C14H28N4S. The quantitative estimate of drug-likeness (QED) is 0.754. The van der Waals surface area contributed by atoms with E-state index in [1.54, 1.807) is 0 Å². The predicted octanol–water partition coefficient (Wildman–Crippen LogP) is 3.47. The van der Waals surface area contributed by atoms with Crippen molar-refractivity contribution in [3.8, 4) is 0 Å². The summed E-state index contributed by atoms with van der Waals surface area (Å²) in [5.74, 6) is 1.50. The second kappa shape index (κ2) is 8.48. The van der Waals surface area contributed by atoms with Gasteiger partial charge in [0, 0.05) is 25.1 Å². The summed E-state index contributed by atoms with van der Waals surface area (Å²) in [4.78, 5) is 2.51. The first kappa shape index (κ1) is 16.4. The number of hydrogen-bond donors (Lipinski definition) is 1. The zero-order valence-corrected chi connectivity index (χ0v) is 13.8. The van der Waals surface area contributed by atoms with Gasteiger partial charge in [0.1, 0.15) is 10.7 Å². The third-order valence-corrected chi connectivity index (χ3v) is 3.99. The number of anilines is 1. The molecule has 0 aliphatic carbocycles. The molecular weight excluding hydrogens is 256 g/mol.